The van der Waals surface area contributed by atoms with Crippen LogP contribution in [0.5, 0.6) is 0 Å². The van der Waals surface area contributed by atoms with Gasteiger partial charge in [-0.1, -0.05) is 13.8 Å². The van der Waals surface area contributed by atoms with Crippen LogP contribution in [0, 0.1) is 10.8 Å². The SMILES string of the molecule is CCOC(=O)C12CCC(OC)(CC1)CC2(CC)CC. The van der Waals surface area contributed by atoms with Gasteiger partial charge in [0.1, 0.15) is 0 Å². The average Bonchev–Trinajstić information content (AvgIpc) is 2.48. The van der Waals surface area contributed by atoms with E-state index in [-0.39, 0.29) is 22.4 Å². The van der Waals surface area contributed by atoms with E-state index in [1.54, 1.807) is 0 Å². The van der Waals surface area contributed by atoms with Gasteiger partial charge in [-0.25, -0.2) is 0 Å². The molecule has 3 saturated carbocycles. The molecule has 0 unspecified atom stereocenters. The van der Waals surface area contributed by atoms with Crippen LogP contribution in [-0.2, 0) is 14.3 Å². The van der Waals surface area contributed by atoms with Gasteiger partial charge in [0.25, 0.3) is 0 Å². The Labute approximate surface area is 117 Å². The number of hydrogen-bond acceptors (Lipinski definition) is 3. The van der Waals surface area contributed by atoms with Crippen LogP contribution in [0.15, 0.2) is 0 Å². The van der Waals surface area contributed by atoms with E-state index in [1.807, 2.05) is 14.0 Å². The van der Waals surface area contributed by atoms with Crippen LogP contribution in [0.3, 0.4) is 0 Å². The molecule has 0 heterocycles. The number of ether oxygens (including phenoxy) is 2. The van der Waals surface area contributed by atoms with Gasteiger partial charge in [0, 0.05) is 7.11 Å². The smallest absolute Gasteiger partial charge is 0.312 e. The highest BCUT2D eigenvalue weighted by Crippen LogP contribution is 2.66. The number of fused-ring (bicyclic) bond motifs is 3. The molecule has 3 rings (SSSR count). The van der Waals surface area contributed by atoms with Crippen LogP contribution in [0.1, 0.15) is 65.7 Å². The van der Waals surface area contributed by atoms with E-state index in [4.69, 9.17) is 9.47 Å². The molecule has 19 heavy (non-hydrogen) atoms. The summed E-state index contributed by atoms with van der Waals surface area (Å²) in [4.78, 5) is 12.6. The zero-order chi connectivity index (χ0) is 14.1. The maximum absolute atomic E-state index is 12.6. The number of rotatable bonds is 5. The van der Waals surface area contributed by atoms with Crippen LogP contribution < -0.4 is 0 Å². The van der Waals surface area contributed by atoms with E-state index < -0.39 is 0 Å². The fraction of sp³-hybridized carbons (Fsp3) is 0.938. The van der Waals surface area contributed by atoms with Gasteiger partial charge in [0.05, 0.1) is 17.6 Å². The fourth-order valence-corrected chi connectivity index (χ4v) is 4.77. The summed E-state index contributed by atoms with van der Waals surface area (Å²) < 4.78 is 11.3. The molecular weight excluding hydrogens is 240 g/mol. The lowest BCUT2D eigenvalue weighted by molar-refractivity contribution is -0.214. The summed E-state index contributed by atoms with van der Waals surface area (Å²) in [5.74, 6) is 0.0445. The van der Waals surface area contributed by atoms with Gasteiger partial charge in [0.15, 0.2) is 0 Å². The Morgan fingerprint density at radius 3 is 2.05 bits per heavy atom. The van der Waals surface area contributed by atoms with Gasteiger partial charge in [-0.15, -0.1) is 0 Å². The number of carbonyl (C=O) groups excluding carboxylic acids is 1. The molecule has 0 aliphatic heterocycles. The van der Waals surface area contributed by atoms with Crippen molar-refractivity contribution in [3.05, 3.63) is 0 Å². The summed E-state index contributed by atoms with van der Waals surface area (Å²) in [6.07, 6.45) is 6.96. The molecule has 3 aliphatic rings. The largest absolute Gasteiger partial charge is 0.466 e. The predicted molar refractivity (Wildman–Crippen MR) is 74.9 cm³/mol. The topological polar surface area (TPSA) is 35.5 Å². The highest BCUT2D eigenvalue weighted by molar-refractivity contribution is 5.78. The highest BCUT2D eigenvalue weighted by atomic mass is 16.5. The van der Waals surface area contributed by atoms with Crippen molar-refractivity contribution in [3.8, 4) is 0 Å². The molecule has 3 aliphatic carbocycles. The molecular formula is C16H28O3. The maximum Gasteiger partial charge on any atom is 0.312 e. The van der Waals surface area contributed by atoms with Crippen LogP contribution in [0.4, 0.5) is 0 Å². The molecule has 0 aromatic heterocycles. The molecule has 0 amide bonds. The van der Waals surface area contributed by atoms with E-state index >= 15 is 0 Å². The molecule has 2 bridgehead atoms. The molecule has 3 fully saturated rings. The highest BCUT2D eigenvalue weighted by Gasteiger charge is 2.65. The van der Waals surface area contributed by atoms with Gasteiger partial charge in [0.2, 0.25) is 0 Å². The second kappa shape index (κ2) is 5.08. The van der Waals surface area contributed by atoms with Crippen molar-refractivity contribution in [1.82, 2.24) is 0 Å². The van der Waals surface area contributed by atoms with E-state index in [0.717, 1.165) is 44.9 Å². The standard InChI is InChI=1S/C16H28O3/c1-5-14(6-2)12-15(18-4)8-10-16(14,11-9-15)13(17)19-7-3/h5-12H2,1-4H3. The minimum absolute atomic E-state index is 0.0142. The molecule has 3 nitrogen and oxygen atoms in total. The first-order chi connectivity index (χ1) is 9.03. The quantitative estimate of drug-likeness (QED) is 0.713. The minimum Gasteiger partial charge on any atom is -0.466 e. The summed E-state index contributed by atoms with van der Waals surface area (Å²) in [7, 11) is 1.83. The monoisotopic (exact) mass is 268 g/mol. The van der Waals surface area contributed by atoms with Crippen molar-refractivity contribution in [1.29, 1.82) is 0 Å². The minimum atomic E-state index is -0.257. The number of hydrogen-bond donors (Lipinski definition) is 0. The molecule has 0 aromatic carbocycles. The van der Waals surface area contributed by atoms with Gasteiger partial charge in [-0.3, -0.25) is 4.79 Å². The van der Waals surface area contributed by atoms with Crippen molar-refractivity contribution >= 4 is 5.97 Å². The van der Waals surface area contributed by atoms with Crippen molar-refractivity contribution in [3.63, 3.8) is 0 Å². The average molecular weight is 268 g/mol. The van der Waals surface area contributed by atoms with Crippen molar-refractivity contribution in [2.45, 2.75) is 71.3 Å². The Balaban J connectivity index is 2.39. The predicted octanol–water partition coefficient (Wildman–Crippen LogP) is 3.71. The lowest BCUT2D eigenvalue weighted by atomic mass is 9.44. The van der Waals surface area contributed by atoms with Crippen LogP contribution >= 0.6 is 0 Å². The summed E-state index contributed by atoms with van der Waals surface area (Å²) >= 11 is 0. The van der Waals surface area contributed by atoms with Crippen LogP contribution in [0.25, 0.3) is 0 Å². The number of esters is 1. The first-order valence-corrected chi connectivity index (χ1v) is 7.76. The second-order valence-electron chi connectivity index (χ2n) is 6.35. The summed E-state index contributed by atoms with van der Waals surface area (Å²) in [6.45, 7) is 6.82. The Hall–Kier alpha value is -0.570. The van der Waals surface area contributed by atoms with E-state index in [9.17, 15) is 4.79 Å². The summed E-state index contributed by atoms with van der Waals surface area (Å²) in [5.41, 5.74) is -0.182. The first kappa shape index (κ1) is 14.8. The van der Waals surface area contributed by atoms with E-state index in [2.05, 4.69) is 13.8 Å². The third-order valence-electron chi connectivity index (χ3n) is 6.14. The Morgan fingerprint density at radius 1 is 1.05 bits per heavy atom. The fourth-order valence-electron chi connectivity index (χ4n) is 4.77. The molecule has 0 spiro atoms. The summed E-state index contributed by atoms with van der Waals surface area (Å²) in [5, 5.41) is 0. The maximum atomic E-state index is 12.6. The number of methoxy groups -OCH3 is 1. The molecule has 0 saturated heterocycles. The van der Waals surface area contributed by atoms with Gasteiger partial charge in [-0.2, -0.15) is 0 Å². The van der Waals surface area contributed by atoms with Gasteiger partial charge < -0.3 is 9.47 Å². The van der Waals surface area contributed by atoms with E-state index in [0.29, 0.717) is 6.61 Å². The Bertz CT molecular complexity index is 336. The molecule has 0 aromatic rings. The van der Waals surface area contributed by atoms with Gasteiger partial charge >= 0.3 is 5.97 Å². The molecule has 0 atom stereocenters. The summed E-state index contributed by atoms with van der Waals surface area (Å²) in [6, 6.07) is 0. The van der Waals surface area contributed by atoms with E-state index in [1.165, 1.54) is 0 Å². The number of carbonyl (C=O) groups is 1. The Morgan fingerprint density at radius 2 is 1.63 bits per heavy atom. The van der Waals surface area contributed by atoms with Crippen LogP contribution in [-0.4, -0.2) is 25.3 Å². The molecule has 0 radical (unpaired) electrons. The first-order valence-electron chi connectivity index (χ1n) is 7.76. The van der Waals surface area contributed by atoms with Crippen molar-refractivity contribution in [2.24, 2.45) is 10.8 Å². The third-order valence-corrected chi connectivity index (χ3v) is 6.14. The zero-order valence-electron chi connectivity index (χ0n) is 12.9. The normalized spacial score (nSPS) is 36.2. The zero-order valence-corrected chi connectivity index (χ0v) is 12.9. The lowest BCUT2D eigenvalue weighted by Gasteiger charge is -2.62. The molecule has 110 valence electrons. The molecule has 3 heteroatoms. The second-order valence-corrected chi connectivity index (χ2v) is 6.35. The Kier molecular flexibility index (Phi) is 3.97. The third kappa shape index (κ3) is 1.93. The molecule has 0 N–H and O–H groups in total. The van der Waals surface area contributed by atoms with Crippen LogP contribution in [0.2, 0.25) is 0 Å². The van der Waals surface area contributed by atoms with Crippen molar-refractivity contribution < 1.29 is 14.3 Å². The lowest BCUT2D eigenvalue weighted by Crippen LogP contribution is -2.62. The van der Waals surface area contributed by atoms with Crippen molar-refractivity contribution in [2.75, 3.05) is 13.7 Å². The van der Waals surface area contributed by atoms with Gasteiger partial charge in [-0.05, 0) is 57.3 Å².